The van der Waals surface area contributed by atoms with Gasteiger partial charge in [0.15, 0.2) is 5.16 Å². The predicted octanol–water partition coefficient (Wildman–Crippen LogP) is 3.33. The van der Waals surface area contributed by atoms with Crippen molar-refractivity contribution in [2.45, 2.75) is 45.3 Å². The maximum atomic E-state index is 12.3. The Kier molecular flexibility index (Phi) is 8.95. The van der Waals surface area contributed by atoms with Gasteiger partial charge in [0.2, 0.25) is 0 Å². The predicted molar refractivity (Wildman–Crippen MR) is 110 cm³/mol. The molecular weight excluding hydrogens is 370 g/mol. The largest absolute Gasteiger partial charge is 0.399 e. The molecule has 8 heteroatoms. The van der Waals surface area contributed by atoms with E-state index in [-0.39, 0.29) is 18.3 Å². The van der Waals surface area contributed by atoms with E-state index in [1.807, 2.05) is 19.2 Å². The number of nitrogens with two attached hydrogens (primary N) is 1. The molecule has 1 amide bonds. The van der Waals surface area contributed by atoms with Gasteiger partial charge in [-0.1, -0.05) is 31.7 Å². The Bertz CT molecular complexity index is 732. The van der Waals surface area contributed by atoms with Gasteiger partial charge in [-0.15, -0.1) is 22.6 Å². The van der Waals surface area contributed by atoms with E-state index in [1.165, 1.54) is 0 Å². The van der Waals surface area contributed by atoms with Crippen LogP contribution in [0.5, 0.6) is 0 Å². The summed E-state index contributed by atoms with van der Waals surface area (Å²) < 4.78 is 2.18. The fourth-order valence-corrected chi connectivity index (χ4v) is 3.15. The highest BCUT2D eigenvalue weighted by Gasteiger charge is 2.13. The lowest BCUT2D eigenvalue weighted by Gasteiger charge is -2.12. The van der Waals surface area contributed by atoms with Crippen LogP contribution in [0.1, 0.15) is 42.0 Å². The lowest BCUT2D eigenvalue weighted by Crippen LogP contribution is -2.26. The lowest BCUT2D eigenvalue weighted by atomic mass is 10.1. The van der Waals surface area contributed by atoms with Gasteiger partial charge in [0, 0.05) is 30.8 Å². The second-order valence-corrected chi connectivity index (χ2v) is 7.31. The van der Waals surface area contributed by atoms with Crippen molar-refractivity contribution < 1.29 is 4.79 Å². The van der Waals surface area contributed by atoms with Gasteiger partial charge in [0.25, 0.3) is 5.91 Å². The van der Waals surface area contributed by atoms with Crippen LogP contribution in [0, 0.1) is 12.8 Å². The number of benzene rings is 1. The molecule has 0 bridgehead atoms. The minimum atomic E-state index is -0.0850. The van der Waals surface area contributed by atoms with Gasteiger partial charge < -0.3 is 15.6 Å². The van der Waals surface area contributed by atoms with E-state index in [9.17, 15) is 4.79 Å². The topological polar surface area (TPSA) is 85.8 Å². The van der Waals surface area contributed by atoms with Crippen molar-refractivity contribution in [1.29, 1.82) is 0 Å². The van der Waals surface area contributed by atoms with E-state index >= 15 is 0 Å². The first-order valence-corrected chi connectivity index (χ1v) is 9.75. The molecule has 0 spiro atoms. The Morgan fingerprint density at radius 1 is 1.35 bits per heavy atom. The Balaban J connectivity index is 0.00000338. The quantitative estimate of drug-likeness (QED) is 0.405. The van der Waals surface area contributed by atoms with Crippen LogP contribution in [0.25, 0.3) is 0 Å². The Morgan fingerprint density at radius 3 is 2.73 bits per heavy atom. The van der Waals surface area contributed by atoms with E-state index in [2.05, 4.69) is 33.9 Å². The van der Waals surface area contributed by atoms with Gasteiger partial charge in [-0.2, -0.15) is 0 Å². The van der Waals surface area contributed by atoms with Crippen LogP contribution in [-0.2, 0) is 13.0 Å². The number of aromatic nitrogens is 3. The SMILES string of the molecule is CSc1nnc(CCCNC(=O)c2cc(N)ccc2C)n1CC(C)C.Cl. The molecule has 0 fully saturated rings. The molecule has 1 aromatic heterocycles. The molecule has 2 aromatic rings. The van der Waals surface area contributed by atoms with Crippen LogP contribution in [0.15, 0.2) is 23.4 Å². The molecule has 3 N–H and O–H groups in total. The number of nitrogen functional groups attached to an aromatic ring is 1. The Labute approximate surface area is 165 Å². The fourth-order valence-electron chi connectivity index (χ4n) is 2.63. The van der Waals surface area contributed by atoms with Crippen LogP contribution in [0.4, 0.5) is 5.69 Å². The average Bonchev–Trinajstić information content (AvgIpc) is 2.94. The highest BCUT2D eigenvalue weighted by Crippen LogP contribution is 2.17. The maximum absolute atomic E-state index is 12.3. The first-order chi connectivity index (χ1) is 11.9. The molecule has 0 aliphatic carbocycles. The number of aryl methyl sites for hydroxylation is 2. The number of anilines is 1. The first kappa shape index (κ1) is 22.3. The van der Waals surface area contributed by atoms with Crippen molar-refractivity contribution >= 4 is 35.8 Å². The number of nitrogens with zero attached hydrogens (tertiary/aromatic N) is 3. The number of carbonyl (C=O) groups excluding carboxylic acids is 1. The number of nitrogens with one attached hydrogen (secondary N) is 1. The summed E-state index contributed by atoms with van der Waals surface area (Å²) in [5, 5.41) is 12.5. The highest BCUT2D eigenvalue weighted by atomic mass is 35.5. The van der Waals surface area contributed by atoms with Gasteiger partial charge in [0.05, 0.1) is 0 Å². The Morgan fingerprint density at radius 2 is 2.08 bits per heavy atom. The summed E-state index contributed by atoms with van der Waals surface area (Å²) in [7, 11) is 0. The zero-order valence-corrected chi connectivity index (χ0v) is 17.4. The van der Waals surface area contributed by atoms with Gasteiger partial charge in [0.1, 0.15) is 5.82 Å². The minimum Gasteiger partial charge on any atom is -0.399 e. The number of rotatable bonds is 8. The van der Waals surface area contributed by atoms with Crippen molar-refractivity contribution in [1.82, 2.24) is 20.1 Å². The molecule has 1 aromatic carbocycles. The number of thioether (sulfide) groups is 1. The molecule has 0 radical (unpaired) electrons. The van der Waals surface area contributed by atoms with Crippen LogP contribution in [-0.4, -0.2) is 33.5 Å². The molecular formula is C18H28ClN5OS. The molecule has 0 unspecified atom stereocenters. The van der Waals surface area contributed by atoms with Gasteiger partial charge in [-0.05, 0) is 43.2 Å². The molecule has 144 valence electrons. The molecule has 26 heavy (non-hydrogen) atoms. The molecule has 0 saturated heterocycles. The second kappa shape index (κ2) is 10.4. The van der Waals surface area contributed by atoms with Crippen LogP contribution in [0.3, 0.4) is 0 Å². The lowest BCUT2D eigenvalue weighted by molar-refractivity contribution is 0.0952. The number of halogens is 1. The van der Waals surface area contributed by atoms with Crippen LogP contribution < -0.4 is 11.1 Å². The third kappa shape index (κ3) is 5.92. The zero-order chi connectivity index (χ0) is 18.4. The summed E-state index contributed by atoms with van der Waals surface area (Å²) in [4.78, 5) is 12.3. The monoisotopic (exact) mass is 397 g/mol. The number of amides is 1. The number of hydrogen-bond acceptors (Lipinski definition) is 5. The van der Waals surface area contributed by atoms with E-state index in [1.54, 1.807) is 23.9 Å². The van der Waals surface area contributed by atoms with E-state index in [4.69, 9.17) is 5.73 Å². The van der Waals surface area contributed by atoms with Crippen molar-refractivity contribution in [2.24, 2.45) is 5.92 Å². The van der Waals surface area contributed by atoms with Crippen molar-refractivity contribution in [2.75, 3.05) is 18.5 Å². The molecule has 0 aliphatic rings. The third-order valence-electron chi connectivity index (χ3n) is 3.89. The van der Waals surface area contributed by atoms with Gasteiger partial charge >= 0.3 is 0 Å². The van der Waals surface area contributed by atoms with Crippen LogP contribution >= 0.6 is 24.2 Å². The fraction of sp³-hybridized carbons (Fsp3) is 0.500. The first-order valence-electron chi connectivity index (χ1n) is 8.52. The molecule has 2 rings (SSSR count). The van der Waals surface area contributed by atoms with Crippen molar-refractivity contribution in [3.05, 3.63) is 35.2 Å². The van der Waals surface area contributed by atoms with E-state index < -0.39 is 0 Å². The summed E-state index contributed by atoms with van der Waals surface area (Å²) in [6.07, 6.45) is 3.62. The number of hydrogen-bond donors (Lipinski definition) is 2. The molecule has 0 aliphatic heterocycles. The normalized spacial score (nSPS) is 10.7. The molecule has 6 nitrogen and oxygen atoms in total. The molecule has 0 atom stereocenters. The van der Waals surface area contributed by atoms with E-state index in [0.29, 0.717) is 23.7 Å². The third-order valence-corrected chi connectivity index (χ3v) is 4.56. The summed E-state index contributed by atoms with van der Waals surface area (Å²) in [6.45, 7) is 7.78. The summed E-state index contributed by atoms with van der Waals surface area (Å²) in [6, 6.07) is 5.38. The molecule has 1 heterocycles. The summed E-state index contributed by atoms with van der Waals surface area (Å²) >= 11 is 1.61. The average molecular weight is 398 g/mol. The van der Waals surface area contributed by atoms with Crippen molar-refractivity contribution in [3.8, 4) is 0 Å². The van der Waals surface area contributed by atoms with E-state index in [0.717, 1.165) is 35.9 Å². The van der Waals surface area contributed by atoms with Crippen molar-refractivity contribution in [3.63, 3.8) is 0 Å². The summed E-state index contributed by atoms with van der Waals surface area (Å²) in [5.74, 6) is 1.43. The maximum Gasteiger partial charge on any atom is 0.251 e. The second-order valence-electron chi connectivity index (χ2n) is 6.54. The summed E-state index contributed by atoms with van der Waals surface area (Å²) in [5.41, 5.74) is 7.92. The zero-order valence-electron chi connectivity index (χ0n) is 15.8. The highest BCUT2D eigenvalue weighted by molar-refractivity contribution is 7.98. The van der Waals surface area contributed by atoms with Crippen LogP contribution in [0.2, 0.25) is 0 Å². The standard InChI is InChI=1S/C18H27N5OS.ClH/c1-12(2)11-23-16(21-22-18(23)25-4)6-5-9-20-17(24)15-10-14(19)8-7-13(15)3;/h7-8,10,12H,5-6,9,11,19H2,1-4H3,(H,20,24);1H. The van der Waals surface area contributed by atoms with Gasteiger partial charge in [-0.3, -0.25) is 4.79 Å². The van der Waals surface area contributed by atoms with Gasteiger partial charge in [-0.25, -0.2) is 0 Å². The smallest absolute Gasteiger partial charge is 0.251 e. The number of carbonyl (C=O) groups is 1. The minimum absolute atomic E-state index is 0. The Hall–Kier alpha value is -1.73. The molecule has 0 saturated carbocycles.